The monoisotopic (exact) mass is 145 g/mol. The predicted octanol–water partition coefficient (Wildman–Crippen LogP) is -0.285. The van der Waals surface area contributed by atoms with Crippen LogP contribution in [0.2, 0.25) is 0 Å². The summed E-state index contributed by atoms with van der Waals surface area (Å²) in [5, 5.41) is 0. The van der Waals surface area contributed by atoms with Gasteiger partial charge in [0.15, 0.2) is 0 Å². The van der Waals surface area contributed by atoms with Gasteiger partial charge in [-0.25, -0.2) is 0 Å². The van der Waals surface area contributed by atoms with Gasteiger partial charge < -0.3 is 5.73 Å². The molecule has 0 aromatic rings. The first-order valence-electron chi connectivity index (χ1n) is 2.71. The molecule has 0 aliphatic heterocycles. The molecule has 52 valence electrons. The van der Waals surface area contributed by atoms with Crippen LogP contribution >= 0.6 is 0 Å². The molecule has 2 nitrogen and oxygen atoms in total. The first-order valence-corrected chi connectivity index (χ1v) is 4.19. The van der Waals surface area contributed by atoms with Crippen molar-refractivity contribution in [2.45, 2.75) is 13.0 Å². The van der Waals surface area contributed by atoms with E-state index in [1.165, 1.54) is 0 Å². The largest absolute Gasteiger partial charge is 0.327 e. The number of nitrogens with two attached hydrogens (primary N) is 1. The zero-order valence-electron chi connectivity index (χ0n) is 5.46. The van der Waals surface area contributed by atoms with Gasteiger partial charge in [0.05, 0.1) is 5.75 Å². The molecule has 0 aromatic heterocycles. The topological polar surface area (TPSA) is 43.1 Å². The van der Waals surface area contributed by atoms with Crippen molar-refractivity contribution in [2.75, 3.05) is 11.5 Å². The van der Waals surface area contributed by atoms with Crippen LogP contribution in [0.25, 0.3) is 0 Å². The molecule has 0 aromatic carbocycles. The minimum atomic E-state index is -0.911. The summed E-state index contributed by atoms with van der Waals surface area (Å²) in [7, 11) is -0.911. The van der Waals surface area contributed by atoms with E-state index in [0.717, 1.165) is 0 Å². The lowest BCUT2D eigenvalue weighted by molar-refractivity contribution is 0.679. The van der Waals surface area contributed by atoms with Gasteiger partial charge in [-0.15, -0.1) is 6.42 Å². The molecule has 0 fully saturated rings. The lowest BCUT2D eigenvalue weighted by atomic mass is 10.4. The van der Waals surface area contributed by atoms with Crippen molar-refractivity contribution >= 4 is 10.8 Å². The smallest absolute Gasteiger partial charge is 0.0845 e. The van der Waals surface area contributed by atoms with Crippen LogP contribution in [0.4, 0.5) is 0 Å². The first-order chi connectivity index (χ1) is 4.16. The van der Waals surface area contributed by atoms with E-state index in [0.29, 0.717) is 11.5 Å². The standard InChI is InChI=1S/C6H11NOS/c1-3-4-9(8)5-6(2)7/h1,6H,4-5,7H2,2H3. The van der Waals surface area contributed by atoms with E-state index in [2.05, 4.69) is 5.92 Å². The van der Waals surface area contributed by atoms with Crippen LogP contribution in [0.1, 0.15) is 6.92 Å². The quantitative estimate of drug-likeness (QED) is 0.555. The lowest BCUT2D eigenvalue weighted by Gasteiger charge is -2.00. The fraction of sp³-hybridized carbons (Fsp3) is 0.667. The average molecular weight is 145 g/mol. The van der Waals surface area contributed by atoms with Crippen molar-refractivity contribution < 1.29 is 4.21 Å². The lowest BCUT2D eigenvalue weighted by Crippen LogP contribution is -2.23. The van der Waals surface area contributed by atoms with Crippen LogP contribution in [0.3, 0.4) is 0 Å². The van der Waals surface area contributed by atoms with Gasteiger partial charge in [-0.2, -0.15) is 0 Å². The molecule has 0 aliphatic carbocycles. The molecule has 2 N–H and O–H groups in total. The van der Waals surface area contributed by atoms with E-state index >= 15 is 0 Å². The molecular formula is C6H11NOS. The Labute approximate surface area is 58.3 Å². The second kappa shape index (κ2) is 4.54. The molecule has 0 amide bonds. The average Bonchev–Trinajstić information content (AvgIpc) is 1.63. The Morgan fingerprint density at radius 3 is 2.78 bits per heavy atom. The van der Waals surface area contributed by atoms with Gasteiger partial charge in [-0.1, -0.05) is 5.92 Å². The van der Waals surface area contributed by atoms with Crippen molar-refractivity contribution in [1.82, 2.24) is 0 Å². The summed E-state index contributed by atoms with van der Waals surface area (Å²) in [5.74, 6) is 3.14. The molecule has 3 heteroatoms. The van der Waals surface area contributed by atoms with Gasteiger partial charge in [0.25, 0.3) is 0 Å². The molecular weight excluding hydrogens is 134 g/mol. The van der Waals surface area contributed by atoms with Gasteiger partial charge in [-0.05, 0) is 6.92 Å². The van der Waals surface area contributed by atoms with Crippen molar-refractivity contribution in [1.29, 1.82) is 0 Å². The van der Waals surface area contributed by atoms with Crippen molar-refractivity contribution in [3.63, 3.8) is 0 Å². The third-order valence-electron chi connectivity index (χ3n) is 0.693. The zero-order valence-corrected chi connectivity index (χ0v) is 6.28. The van der Waals surface area contributed by atoms with E-state index in [1.807, 2.05) is 6.92 Å². The summed E-state index contributed by atoms with van der Waals surface area (Å²) in [6, 6.07) is -0.0146. The van der Waals surface area contributed by atoms with E-state index < -0.39 is 10.8 Å². The molecule has 0 saturated heterocycles. The number of terminal acetylenes is 1. The second-order valence-corrected chi connectivity index (χ2v) is 3.43. The summed E-state index contributed by atoms with van der Waals surface area (Å²) in [6.45, 7) is 1.81. The van der Waals surface area contributed by atoms with E-state index in [9.17, 15) is 4.21 Å². The molecule has 2 unspecified atom stereocenters. The van der Waals surface area contributed by atoms with Crippen LogP contribution in [-0.2, 0) is 10.8 Å². The van der Waals surface area contributed by atoms with Gasteiger partial charge >= 0.3 is 0 Å². The summed E-state index contributed by atoms with van der Waals surface area (Å²) in [4.78, 5) is 0. The van der Waals surface area contributed by atoms with Crippen LogP contribution in [0, 0.1) is 12.3 Å². The highest BCUT2D eigenvalue weighted by atomic mass is 32.2. The first kappa shape index (κ1) is 8.67. The highest BCUT2D eigenvalue weighted by molar-refractivity contribution is 7.85. The van der Waals surface area contributed by atoms with Gasteiger partial charge in [-0.3, -0.25) is 4.21 Å². The Hall–Kier alpha value is -0.330. The third-order valence-corrected chi connectivity index (χ3v) is 2.08. The van der Waals surface area contributed by atoms with Crippen molar-refractivity contribution in [3.8, 4) is 12.3 Å². The van der Waals surface area contributed by atoms with E-state index in [1.54, 1.807) is 0 Å². The zero-order chi connectivity index (χ0) is 7.28. The molecule has 9 heavy (non-hydrogen) atoms. The Kier molecular flexibility index (Phi) is 4.37. The van der Waals surface area contributed by atoms with Crippen LogP contribution < -0.4 is 5.73 Å². The summed E-state index contributed by atoms with van der Waals surface area (Å²) < 4.78 is 10.7. The molecule has 0 aliphatic rings. The van der Waals surface area contributed by atoms with Gasteiger partial charge in [0, 0.05) is 22.6 Å². The summed E-state index contributed by atoms with van der Waals surface area (Å²) in [5.41, 5.74) is 5.36. The number of rotatable bonds is 3. The SMILES string of the molecule is C#CCS(=O)CC(C)N. The molecule has 0 radical (unpaired) electrons. The molecule has 0 rings (SSSR count). The Morgan fingerprint density at radius 1 is 1.89 bits per heavy atom. The summed E-state index contributed by atoms with van der Waals surface area (Å²) in [6.07, 6.45) is 4.92. The van der Waals surface area contributed by atoms with Crippen molar-refractivity contribution in [2.24, 2.45) is 5.73 Å². The Morgan fingerprint density at radius 2 is 2.44 bits per heavy atom. The third kappa shape index (κ3) is 5.54. The fourth-order valence-corrected chi connectivity index (χ4v) is 1.34. The number of hydrogen-bond acceptors (Lipinski definition) is 2. The summed E-state index contributed by atoms with van der Waals surface area (Å²) >= 11 is 0. The van der Waals surface area contributed by atoms with E-state index in [-0.39, 0.29) is 6.04 Å². The highest BCUT2D eigenvalue weighted by Gasteiger charge is 1.99. The molecule has 0 heterocycles. The second-order valence-electron chi connectivity index (χ2n) is 1.93. The van der Waals surface area contributed by atoms with Gasteiger partial charge in [0.2, 0.25) is 0 Å². The van der Waals surface area contributed by atoms with E-state index in [4.69, 9.17) is 12.2 Å². The van der Waals surface area contributed by atoms with Crippen LogP contribution in [0.15, 0.2) is 0 Å². The highest BCUT2D eigenvalue weighted by Crippen LogP contribution is 1.83. The predicted molar refractivity (Wildman–Crippen MR) is 40.4 cm³/mol. The maximum Gasteiger partial charge on any atom is 0.0845 e. The van der Waals surface area contributed by atoms with Crippen LogP contribution in [0.5, 0.6) is 0 Å². The van der Waals surface area contributed by atoms with Crippen LogP contribution in [-0.4, -0.2) is 21.8 Å². The fourth-order valence-electron chi connectivity index (χ4n) is 0.445. The van der Waals surface area contributed by atoms with Crippen molar-refractivity contribution in [3.05, 3.63) is 0 Å². The number of hydrogen-bond donors (Lipinski definition) is 1. The Balaban J connectivity index is 3.42. The maximum absolute atomic E-state index is 10.7. The normalized spacial score (nSPS) is 16.1. The molecule has 0 bridgehead atoms. The minimum absolute atomic E-state index is 0.0146. The molecule has 2 atom stereocenters. The Bertz CT molecular complexity index is 136. The molecule has 0 saturated carbocycles. The molecule has 0 spiro atoms. The maximum atomic E-state index is 10.7. The van der Waals surface area contributed by atoms with Gasteiger partial charge in [0.1, 0.15) is 0 Å². The minimum Gasteiger partial charge on any atom is -0.327 e.